The molecule has 1 heterocycles. The summed E-state index contributed by atoms with van der Waals surface area (Å²) in [7, 11) is 0. The van der Waals surface area contributed by atoms with E-state index in [1.165, 1.54) is 4.88 Å². The third-order valence-electron chi connectivity index (χ3n) is 4.36. The first kappa shape index (κ1) is 16.3. The minimum atomic E-state index is -0.575. The third-order valence-corrected chi connectivity index (χ3v) is 5.58. The SMILES string of the molecule is CCOC(=O)/C(C#N)=c1\ccc2c(-c3ccccc3)sc3cccc1c32. The molecule has 0 saturated carbocycles. The van der Waals surface area contributed by atoms with E-state index in [4.69, 9.17) is 4.74 Å². The Hall–Kier alpha value is -3.16. The zero-order valence-corrected chi connectivity index (χ0v) is 15.0. The molecule has 4 heteroatoms. The molecule has 0 spiro atoms. The second-order valence-corrected chi connectivity index (χ2v) is 6.90. The molecule has 3 aromatic carbocycles. The normalized spacial score (nSPS) is 12.2. The van der Waals surface area contributed by atoms with Gasteiger partial charge in [-0.1, -0.05) is 54.6 Å². The summed E-state index contributed by atoms with van der Waals surface area (Å²) < 4.78 is 6.19. The summed E-state index contributed by atoms with van der Waals surface area (Å²) in [5, 5.41) is 13.3. The van der Waals surface area contributed by atoms with E-state index in [9.17, 15) is 10.1 Å². The zero-order chi connectivity index (χ0) is 18.1. The number of hydrogen-bond donors (Lipinski definition) is 0. The lowest BCUT2D eigenvalue weighted by atomic mass is 10.00. The van der Waals surface area contributed by atoms with Gasteiger partial charge in [-0.2, -0.15) is 5.26 Å². The summed E-state index contributed by atoms with van der Waals surface area (Å²) in [6.45, 7) is 1.98. The minimum absolute atomic E-state index is 0.0497. The Bertz CT molecular complexity index is 1220. The van der Waals surface area contributed by atoms with Crippen molar-refractivity contribution >= 4 is 43.7 Å². The Kier molecular flexibility index (Phi) is 4.16. The van der Waals surface area contributed by atoms with Crippen LogP contribution in [0, 0.1) is 11.3 Å². The van der Waals surface area contributed by atoms with Crippen LogP contribution in [0.4, 0.5) is 0 Å². The number of nitrogens with zero attached hydrogens (tertiary/aromatic N) is 1. The van der Waals surface area contributed by atoms with Crippen LogP contribution >= 0.6 is 11.3 Å². The number of esters is 1. The molecule has 0 aliphatic carbocycles. The Morgan fingerprint density at radius 2 is 1.85 bits per heavy atom. The van der Waals surface area contributed by atoms with E-state index in [1.54, 1.807) is 18.3 Å². The predicted octanol–water partition coefficient (Wildman–Crippen LogP) is 4.68. The van der Waals surface area contributed by atoms with Gasteiger partial charge in [-0.15, -0.1) is 11.3 Å². The number of nitriles is 1. The Balaban J connectivity index is 2.09. The van der Waals surface area contributed by atoms with E-state index in [1.807, 2.05) is 48.5 Å². The van der Waals surface area contributed by atoms with Crippen molar-refractivity contribution in [2.24, 2.45) is 0 Å². The molecule has 26 heavy (non-hydrogen) atoms. The van der Waals surface area contributed by atoms with E-state index < -0.39 is 5.97 Å². The molecule has 0 aliphatic rings. The first-order valence-electron chi connectivity index (χ1n) is 8.35. The van der Waals surface area contributed by atoms with Crippen LogP contribution < -0.4 is 5.22 Å². The largest absolute Gasteiger partial charge is 0.462 e. The molecule has 0 unspecified atom stereocenters. The van der Waals surface area contributed by atoms with Crippen molar-refractivity contribution in [3.8, 4) is 16.5 Å². The number of benzene rings is 3. The molecule has 0 N–H and O–H groups in total. The monoisotopic (exact) mass is 357 g/mol. The van der Waals surface area contributed by atoms with Crippen molar-refractivity contribution in [1.29, 1.82) is 5.26 Å². The lowest BCUT2D eigenvalue weighted by Gasteiger charge is -2.04. The first-order chi connectivity index (χ1) is 12.7. The number of thiophene rings is 1. The molecule has 0 atom stereocenters. The van der Waals surface area contributed by atoms with E-state index >= 15 is 0 Å². The number of rotatable bonds is 3. The average molecular weight is 357 g/mol. The molecule has 0 bridgehead atoms. The van der Waals surface area contributed by atoms with Crippen LogP contribution in [0.3, 0.4) is 0 Å². The van der Waals surface area contributed by atoms with Gasteiger partial charge in [-0.05, 0) is 23.9 Å². The number of carbonyl (C=O) groups excluding carboxylic acids is 1. The molecular formula is C22H15NO2S. The fraction of sp³-hybridized carbons (Fsp3) is 0.0909. The van der Waals surface area contributed by atoms with Gasteiger partial charge in [0.2, 0.25) is 0 Å². The van der Waals surface area contributed by atoms with Crippen LogP contribution in [0.15, 0.2) is 60.7 Å². The smallest absolute Gasteiger partial charge is 0.349 e. The van der Waals surface area contributed by atoms with Gasteiger partial charge in [0.25, 0.3) is 0 Å². The van der Waals surface area contributed by atoms with Crippen LogP contribution in [-0.2, 0) is 9.53 Å². The Labute approximate surface area is 154 Å². The molecule has 4 aromatic rings. The molecule has 4 rings (SSSR count). The maximum absolute atomic E-state index is 12.2. The van der Waals surface area contributed by atoms with Crippen LogP contribution in [-0.4, -0.2) is 12.6 Å². The average Bonchev–Trinajstić information content (AvgIpc) is 3.05. The fourth-order valence-corrected chi connectivity index (χ4v) is 4.48. The van der Waals surface area contributed by atoms with Gasteiger partial charge in [0.05, 0.1) is 6.61 Å². The zero-order valence-electron chi connectivity index (χ0n) is 14.2. The van der Waals surface area contributed by atoms with Crippen LogP contribution in [0.1, 0.15) is 6.92 Å². The maximum atomic E-state index is 12.2. The fourth-order valence-electron chi connectivity index (χ4n) is 3.25. The maximum Gasteiger partial charge on any atom is 0.349 e. The molecule has 1 aromatic heterocycles. The quantitative estimate of drug-likeness (QED) is 0.500. The van der Waals surface area contributed by atoms with Gasteiger partial charge < -0.3 is 4.74 Å². The topological polar surface area (TPSA) is 50.1 Å². The summed E-state index contributed by atoms with van der Waals surface area (Å²) in [6, 6.07) is 22.1. The van der Waals surface area contributed by atoms with Gasteiger partial charge in [-0.25, -0.2) is 4.79 Å². The van der Waals surface area contributed by atoms with Gasteiger partial charge in [0.1, 0.15) is 11.6 Å². The van der Waals surface area contributed by atoms with Crippen molar-refractivity contribution in [3.63, 3.8) is 0 Å². The number of hydrogen-bond acceptors (Lipinski definition) is 4. The van der Waals surface area contributed by atoms with Gasteiger partial charge in [0.15, 0.2) is 0 Å². The summed E-state index contributed by atoms with van der Waals surface area (Å²) in [6.07, 6.45) is 0. The van der Waals surface area contributed by atoms with Crippen molar-refractivity contribution in [2.45, 2.75) is 6.92 Å². The second kappa shape index (κ2) is 6.62. The summed E-state index contributed by atoms with van der Waals surface area (Å²) in [5.74, 6) is -0.575. The highest BCUT2D eigenvalue weighted by molar-refractivity contribution is 7.23. The molecule has 3 nitrogen and oxygen atoms in total. The highest BCUT2D eigenvalue weighted by Gasteiger charge is 2.17. The molecule has 0 amide bonds. The van der Waals surface area contributed by atoms with Crippen molar-refractivity contribution in [3.05, 3.63) is 65.9 Å². The Morgan fingerprint density at radius 3 is 2.58 bits per heavy atom. The molecule has 0 radical (unpaired) electrons. The minimum Gasteiger partial charge on any atom is -0.462 e. The van der Waals surface area contributed by atoms with Crippen molar-refractivity contribution in [2.75, 3.05) is 6.61 Å². The lowest BCUT2D eigenvalue weighted by molar-refractivity contribution is -0.136. The molecule has 0 aliphatic heterocycles. The lowest BCUT2D eigenvalue weighted by Crippen LogP contribution is -2.16. The standard InChI is InChI=1S/C22H15NO2S/c1-2-25-22(24)18(13-23)15-11-12-17-20-16(15)9-6-10-19(20)26-21(17)14-7-4-3-5-8-14/h3-12H,2H2,1H3/b18-15+. The molecular weight excluding hydrogens is 342 g/mol. The van der Waals surface area contributed by atoms with Gasteiger partial charge >= 0.3 is 5.97 Å². The predicted molar refractivity (Wildman–Crippen MR) is 106 cm³/mol. The summed E-state index contributed by atoms with van der Waals surface area (Å²) >= 11 is 1.72. The molecule has 0 saturated heterocycles. The number of ether oxygens (including phenoxy) is 1. The van der Waals surface area contributed by atoms with E-state index in [2.05, 4.69) is 18.2 Å². The molecule has 126 valence electrons. The second-order valence-electron chi connectivity index (χ2n) is 5.84. The van der Waals surface area contributed by atoms with Crippen LogP contribution in [0.2, 0.25) is 0 Å². The van der Waals surface area contributed by atoms with E-state index in [-0.39, 0.29) is 12.2 Å². The van der Waals surface area contributed by atoms with E-state index in [0.29, 0.717) is 5.22 Å². The van der Waals surface area contributed by atoms with Crippen LogP contribution in [0.5, 0.6) is 0 Å². The Morgan fingerprint density at radius 1 is 1.04 bits per heavy atom. The summed E-state index contributed by atoms with van der Waals surface area (Å²) in [5.41, 5.74) is 1.21. The highest BCUT2D eigenvalue weighted by Crippen LogP contribution is 2.41. The third kappa shape index (κ3) is 2.54. The molecule has 0 fully saturated rings. The first-order valence-corrected chi connectivity index (χ1v) is 9.17. The van der Waals surface area contributed by atoms with Gasteiger partial charge in [0, 0.05) is 25.6 Å². The van der Waals surface area contributed by atoms with Crippen molar-refractivity contribution in [1.82, 2.24) is 0 Å². The van der Waals surface area contributed by atoms with Crippen LogP contribution in [0.25, 0.3) is 36.9 Å². The van der Waals surface area contributed by atoms with E-state index in [0.717, 1.165) is 26.4 Å². The van der Waals surface area contributed by atoms with Gasteiger partial charge in [-0.3, -0.25) is 0 Å². The summed E-state index contributed by atoms with van der Waals surface area (Å²) in [4.78, 5) is 13.4. The number of carbonyl (C=O) groups is 1. The highest BCUT2D eigenvalue weighted by atomic mass is 32.1. The van der Waals surface area contributed by atoms with Crippen molar-refractivity contribution < 1.29 is 9.53 Å².